The van der Waals surface area contributed by atoms with Crippen molar-refractivity contribution in [1.29, 1.82) is 0 Å². The molecule has 0 N–H and O–H groups in total. The number of rotatable bonds is 9. The molecule has 4 rings (SSSR count). The van der Waals surface area contributed by atoms with E-state index in [4.69, 9.17) is 13.6 Å². The monoisotopic (exact) mass is 620 g/mol. The fourth-order valence-corrected chi connectivity index (χ4v) is 7.34. The molecule has 0 amide bonds. The number of ether oxygens (including phenoxy) is 1. The average Bonchev–Trinajstić information content (AvgIpc) is 3.40. The lowest BCUT2D eigenvalue weighted by molar-refractivity contribution is 0.0532. The van der Waals surface area contributed by atoms with Crippen molar-refractivity contribution in [3.8, 4) is 10.4 Å². The summed E-state index contributed by atoms with van der Waals surface area (Å²) < 4.78 is 18.9. The predicted octanol–water partition coefficient (Wildman–Crippen LogP) is 10.9. The summed E-state index contributed by atoms with van der Waals surface area (Å²) in [6.45, 7) is 26.3. The van der Waals surface area contributed by atoms with Crippen LogP contribution in [0.2, 0.25) is 36.3 Å². The first-order valence-electron chi connectivity index (χ1n) is 15.0. The van der Waals surface area contributed by atoms with Gasteiger partial charge in [-0.2, -0.15) is 0 Å². The lowest BCUT2D eigenvalue weighted by atomic mass is 9.91. The molecule has 0 radical (unpaired) electrons. The zero-order chi connectivity index (χ0) is 31.1. The third-order valence-corrected chi connectivity index (χ3v) is 19.5. The number of benzene rings is 3. The van der Waals surface area contributed by atoms with E-state index in [9.17, 15) is 4.79 Å². The molecule has 42 heavy (non-hydrogen) atoms. The molecule has 1 aromatic heterocycles. The summed E-state index contributed by atoms with van der Waals surface area (Å²) in [5.74, 6) is -0.269. The molecule has 0 fully saturated rings. The normalized spacial score (nSPS) is 13.2. The van der Waals surface area contributed by atoms with Crippen LogP contribution in [-0.2, 0) is 26.8 Å². The number of esters is 1. The van der Waals surface area contributed by atoms with E-state index in [0.717, 1.165) is 10.4 Å². The number of fused-ring (bicyclic) bond motifs is 2. The number of hydrogen-bond acceptors (Lipinski definition) is 5. The Balaban J connectivity index is 1.91. The molecule has 226 valence electrons. The minimum absolute atomic E-state index is 0.112. The molecule has 4 aromatic rings. The highest BCUT2D eigenvalue weighted by molar-refractivity contribution is 7.17. The van der Waals surface area contributed by atoms with Gasteiger partial charge in [0.05, 0.1) is 19.8 Å². The molecule has 0 bridgehead atoms. The van der Waals surface area contributed by atoms with Gasteiger partial charge in [-0.3, -0.25) is 0 Å². The van der Waals surface area contributed by atoms with Crippen LogP contribution in [0.5, 0.6) is 0 Å². The molecule has 0 atom stereocenters. The van der Waals surface area contributed by atoms with E-state index >= 15 is 0 Å². The minimum atomic E-state index is -2.00. The topological polar surface area (TPSA) is 44.8 Å². The Labute approximate surface area is 258 Å². The minimum Gasteiger partial charge on any atom is -0.462 e. The fourth-order valence-electron chi connectivity index (χ4n) is 4.56. The van der Waals surface area contributed by atoms with Crippen molar-refractivity contribution < 1.29 is 18.4 Å². The molecule has 3 aromatic carbocycles. The molecule has 0 saturated carbocycles. The molecule has 0 aliphatic heterocycles. The second-order valence-electron chi connectivity index (χ2n) is 14.2. The maximum atomic E-state index is 12.4. The summed E-state index contributed by atoms with van der Waals surface area (Å²) in [7, 11) is -3.98. The van der Waals surface area contributed by atoms with E-state index in [-0.39, 0.29) is 16.0 Å². The zero-order valence-corrected chi connectivity index (χ0v) is 30.2. The Morgan fingerprint density at radius 3 is 1.71 bits per heavy atom. The van der Waals surface area contributed by atoms with Crippen LogP contribution in [0, 0.1) is 0 Å². The second-order valence-corrected chi connectivity index (χ2v) is 24.9. The first kappa shape index (κ1) is 32.6. The third-order valence-electron chi connectivity index (χ3n) is 9.38. The number of carbonyl (C=O) groups excluding carboxylic acids is 1. The molecular weight excluding hydrogens is 573 g/mol. The van der Waals surface area contributed by atoms with Gasteiger partial charge in [0, 0.05) is 4.88 Å². The molecular formula is C35H48O4SSi2. The van der Waals surface area contributed by atoms with Crippen LogP contribution in [0.1, 0.15) is 69.3 Å². The number of hydrogen-bond donors (Lipinski definition) is 0. The Morgan fingerprint density at radius 1 is 0.714 bits per heavy atom. The Hall–Kier alpha value is -2.30. The summed E-state index contributed by atoms with van der Waals surface area (Å²) in [6, 6.07) is 19.3. The maximum absolute atomic E-state index is 12.4. The van der Waals surface area contributed by atoms with Gasteiger partial charge in [-0.25, -0.2) is 4.79 Å². The highest BCUT2D eigenvalue weighted by atomic mass is 32.1. The Kier molecular flexibility index (Phi) is 9.32. The van der Waals surface area contributed by atoms with Crippen molar-refractivity contribution in [2.24, 2.45) is 0 Å². The first-order valence-corrected chi connectivity index (χ1v) is 21.6. The molecule has 0 unspecified atom stereocenters. The van der Waals surface area contributed by atoms with Gasteiger partial charge in [-0.05, 0) is 99.6 Å². The molecule has 7 heteroatoms. The van der Waals surface area contributed by atoms with E-state index < -0.39 is 16.6 Å². The van der Waals surface area contributed by atoms with Gasteiger partial charge in [0.25, 0.3) is 0 Å². The SMILES string of the molecule is CCOC(=O)c1ccc(-c2ccc3c(CO[Si](C)(C)C(C)(C)C)c4ccccc4c(CO[Si](C)(C)C(C)(C)C)c3c2)s1. The highest BCUT2D eigenvalue weighted by Gasteiger charge is 2.38. The van der Waals surface area contributed by atoms with Gasteiger partial charge in [0.15, 0.2) is 16.6 Å². The van der Waals surface area contributed by atoms with E-state index in [0.29, 0.717) is 24.7 Å². The van der Waals surface area contributed by atoms with Crippen LogP contribution in [0.4, 0.5) is 0 Å². The van der Waals surface area contributed by atoms with E-state index in [2.05, 4.69) is 110 Å². The molecule has 4 nitrogen and oxygen atoms in total. The smallest absolute Gasteiger partial charge is 0.348 e. The summed E-state index contributed by atoms with van der Waals surface area (Å²) in [5.41, 5.74) is 3.53. The number of thiophene rings is 1. The third kappa shape index (κ3) is 6.60. The molecule has 0 saturated heterocycles. The standard InChI is InChI=1S/C35H48O4SSi2/c1-12-37-33(36)32-20-19-31(40-32)24-17-18-27-28(21-24)30(23-39-42(10,11)35(5,6)7)26-16-14-13-15-25(26)29(27)22-38-41(8,9)34(2,3)4/h13-21H,12,22-23H2,1-11H3. The number of carbonyl (C=O) groups is 1. The van der Waals surface area contributed by atoms with Crippen molar-refractivity contribution in [2.75, 3.05) is 6.61 Å². The van der Waals surface area contributed by atoms with Gasteiger partial charge in [-0.15, -0.1) is 11.3 Å². The van der Waals surface area contributed by atoms with Crippen molar-refractivity contribution in [2.45, 2.75) is 97.9 Å². The van der Waals surface area contributed by atoms with Gasteiger partial charge in [0.2, 0.25) is 0 Å². The van der Waals surface area contributed by atoms with Crippen LogP contribution >= 0.6 is 11.3 Å². The molecule has 1 heterocycles. The zero-order valence-electron chi connectivity index (χ0n) is 27.4. The molecule has 0 aliphatic rings. The second kappa shape index (κ2) is 12.0. The van der Waals surface area contributed by atoms with Crippen LogP contribution in [-0.4, -0.2) is 29.2 Å². The Bertz CT molecular complexity index is 1590. The predicted molar refractivity (Wildman–Crippen MR) is 185 cm³/mol. The maximum Gasteiger partial charge on any atom is 0.348 e. The lowest BCUT2D eigenvalue weighted by Gasteiger charge is -2.37. The van der Waals surface area contributed by atoms with Crippen LogP contribution in [0.3, 0.4) is 0 Å². The summed E-state index contributed by atoms with van der Waals surface area (Å²) in [4.78, 5) is 14.1. The lowest BCUT2D eigenvalue weighted by Crippen LogP contribution is -2.40. The first-order chi connectivity index (χ1) is 19.5. The Morgan fingerprint density at radius 2 is 1.21 bits per heavy atom. The van der Waals surface area contributed by atoms with Gasteiger partial charge < -0.3 is 13.6 Å². The van der Waals surface area contributed by atoms with Crippen molar-refractivity contribution in [3.63, 3.8) is 0 Å². The van der Waals surface area contributed by atoms with Crippen molar-refractivity contribution in [1.82, 2.24) is 0 Å². The van der Waals surface area contributed by atoms with Gasteiger partial charge in [0.1, 0.15) is 4.88 Å². The largest absolute Gasteiger partial charge is 0.462 e. The summed E-state index contributed by atoms with van der Waals surface area (Å²) >= 11 is 1.48. The molecule has 0 aliphatic carbocycles. The van der Waals surface area contributed by atoms with E-state index in [1.54, 1.807) is 0 Å². The van der Waals surface area contributed by atoms with Crippen molar-refractivity contribution >= 4 is 55.5 Å². The highest BCUT2D eigenvalue weighted by Crippen LogP contribution is 2.42. The van der Waals surface area contributed by atoms with Crippen LogP contribution in [0.15, 0.2) is 54.6 Å². The average molecular weight is 621 g/mol. The van der Waals surface area contributed by atoms with E-state index in [1.165, 1.54) is 44.0 Å². The van der Waals surface area contributed by atoms with Crippen molar-refractivity contribution in [3.05, 3.63) is 70.6 Å². The summed E-state index contributed by atoms with van der Waals surface area (Å²) in [6.07, 6.45) is 0. The molecule has 0 spiro atoms. The van der Waals surface area contributed by atoms with Crippen LogP contribution < -0.4 is 0 Å². The quantitative estimate of drug-likeness (QED) is 0.106. The van der Waals surface area contributed by atoms with Crippen LogP contribution in [0.25, 0.3) is 32.0 Å². The van der Waals surface area contributed by atoms with E-state index in [1.807, 2.05) is 19.1 Å². The summed E-state index contributed by atoms with van der Waals surface area (Å²) in [5, 5.41) is 5.07. The van der Waals surface area contributed by atoms with Gasteiger partial charge in [-0.1, -0.05) is 77.9 Å². The fraction of sp³-hybridized carbons (Fsp3) is 0.457. The van der Waals surface area contributed by atoms with Gasteiger partial charge >= 0.3 is 5.97 Å².